The van der Waals surface area contributed by atoms with Crippen molar-refractivity contribution in [1.29, 1.82) is 0 Å². The van der Waals surface area contributed by atoms with Crippen LogP contribution in [-0.2, 0) is 0 Å². The van der Waals surface area contributed by atoms with Gasteiger partial charge in [0.25, 0.3) is 0 Å². The Morgan fingerprint density at radius 3 is 3.25 bits per heavy atom. The zero-order chi connectivity index (χ0) is 8.23. The molecule has 64 valence electrons. The second kappa shape index (κ2) is 3.43. The molecule has 0 aromatic carbocycles. The van der Waals surface area contributed by atoms with Crippen LogP contribution in [0.15, 0.2) is 24.4 Å². The number of hydrogen-bond acceptors (Lipinski definition) is 2. The van der Waals surface area contributed by atoms with Crippen LogP contribution in [0.5, 0.6) is 5.88 Å². The van der Waals surface area contributed by atoms with Crippen LogP contribution in [-0.4, -0.2) is 16.3 Å². The Hall–Kier alpha value is -1.25. The number of aromatic amines is 1. The molecule has 1 aromatic rings. The Labute approximate surface area is 71.4 Å². The van der Waals surface area contributed by atoms with E-state index in [1.165, 1.54) is 12.8 Å². The van der Waals surface area contributed by atoms with Gasteiger partial charge in [-0.05, 0) is 25.3 Å². The number of ether oxygens (including phenoxy) is 1. The van der Waals surface area contributed by atoms with Crippen LogP contribution in [0.3, 0.4) is 0 Å². The molecule has 1 unspecified atom stereocenters. The average molecular weight is 164 g/mol. The van der Waals surface area contributed by atoms with Crippen LogP contribution < -0.4 is 4.74 Å². The second-order valence-electron chi connectivity index (χ2n) is 2.94. The molecular weight excluding hydrogens is 152 g/mol. The maximum atomic E-state index is 5.59. The van der Waals surface area contributed by atoms with Crippen molar-refractivity contribution in [1.82, 2.24) is 10.2 Å². The quantitative estimate of drug-likeness (QED) is 0.678. The van der Waals surface area contributed by atoms with Gasteiger partial charge in [-0.15, -0.1) is 0 Å². The maximum absolute atomic E-state index is 5.59. The summed E-state index contributed by atoms with van der Waals surface area (Å²) < 4.78 is 5.59. The summed E-state index contributed by atoms with van der Waals surface area (Å²) in [6, 6.07) is 1.84. The minimum atomic E-state index is 0.235. The third-order valence-electron chi connectivity index (χ3n) is 1.96. The van der Waals surface area contributed by atoms with Gasteiger partial charge in [0, 0.05) is 6.07 Å². The van der Waals surface area contributed by atoms with Gasteiger partial charge in [-0.25, -0.2) is 5.10 Å². The van der Waals surface area contributed by atoms with Crippen LogP contribution >= 0.6 is 0 Å². The molecule has 0 amide bonds. The molecule has 0 saturated carbocycles. The highest BCUT2D eigenvalue weighted by Crippen LogP contribution is 2.15. The molecule has 1 atom stereocenters. The zero-order valence-electron chi connectivity index (χ0n) is 6.86. The van der Waals surface area contributed by atoms with Crippen molar-refractivity contribution in [3.05, 3.63) is 24.4 Å². The molecule has 1 aromatic heterocycles. The first-order valence-corrected chi connectivity index (χ1v) is 4.28. The summed E-state index contributed by atoms with van der Waals surface area (Å²) in [4.78, 5) is 0. The SMILES string of the molecule is C1=CC(Oc2ccn[nH]2)CCC1. The molecular formula is C9H12N2O. The first-order chi connectivity index (χ1) is 5.95. The summed E-state index contributed by atoms with van der Waals surface area (Å²) >= 11 is 0. The van der Waals surface area contributed by atoms with E-state index in [-0.39, 0.29) is 6.10 Å². The van der Waals surface area contributed by atoms with Gasteiger partial charge >= 0.3 is 0 Å². The van der Waals surface area contributed by atoms with Crippen molar-refractivity contribution in [2.24, 2.45) is 0 Å². The molecule has 1 aliphatic carbocycles. The fraction of sp³-hybridized carbons (Fsp3) is 0.444. The number of hydrogen-bond donors (Lipinski definition) is 1. The monoisotopic (exact) mass is 164 g/mol. The number of rotatable bonds is 2. The smallest absolute Gasteiger partial charge is 0.209 e. The van der Waals surface area contributed by atoms with Gasteiger partial charge in [-0.3, -0.25) is 0 Å². The van der Waals surface area contributed by atoms with E-state index in [0.717, 1.165) is 12.3 Å². The number of nitrogens with zero attached hydrogens (tertiary/aromatic N) is 1. The summed E-state index contributed by atoms with van der Waals surface area (Å²) in [5.74, 6) is 0.756. The summed E-state index contributed by atoms with van der Waals surface area (Å²) in [6.07, 6.45) is 9.73. The molecule has 0 spiro atoms. The van der Waals surface area contributed by atoms with E-state index in [0.29, 0.717) is 0 Å². The van der Waals surface area contributed by atoms with E-state index >= 15 is 0 Å². The predicted molar refractivity (Wildman–Crippen MR) is 46.0 cm³/mol. The lowest BCUT2D eigenvalue weighted by atomic mass is 10.1. The largest absolute Gasteiger partial charge is 0.470 e. The van der Waals surface area contributed by atoms with Crippen molar-refractivity contribution < 1.29 is 4.74 Å². The highest BCUT2D eigenvalue weighted by atomic mass is 16.5. The van der Waals surface area contributed by atoms with Crippen LogP contribution in [0, 0.1) is 0 Å². The number of aromatic nitrogens is 2. The van der Waals surface area contributed by atoms with Crippen LogP contribution in [0.4, 0.5) is 0 Å². The topological polar surface area (TPSA) is 37.9 Å². The molecule has 0 fully saturated rings. The Balaban J connectivity index is 1.94. The third kappa shape index (κ3) is 1.67. The van der Waals surface area contributed by atoms with E-state index in [1.807, 2.05) is 6.07 Å². The maximum Gasteiger partial charge on any atom is 0.209 e. The minimum absolute atomic E-state index is 0.235. The minimum Gasteiger partial charge on any atom is -0.470 e. The summed E-state index contributed by atoms with van der Waals surface area (Å²) in [5, 5.41) is 6.59. The van der Waals surface area contributed by atoms with E-state index in [4.69, 9.17) is 4.74 Å². The number of nitrogens with one attached hydrogen (secondary N) is 1. The normalized spacial score (nSPS) is 22.5. The first kappa shape index (κ1) is 7.40. The first-order valence-electron chi connectivity index (χ1n) is 4.28. The predicted octanol–water partition coefficient (Wildman–Crippen LogP) is 1.90. The zero-order valence-corrected chi connectivity index (χ0v) is 6.86. The summed E-state index contributed by atoms with van der Waals surface area (Å²) in [5.41, 5.74) is 0. The van der Waals surface area contributed by atoms with E-state index in [9.17, 15) is 0 Å². The fourth-order valence-corrected chi connectivity index (χ4v) is 1.35. The lowest BCUT2D eigenvalue weighted by Crippen LogP contribution is -2.15. The van der Waals surface area contributed by atoms with Crippen LogP contribution in [0.1, 0.15) is 19.3 Å². The van der Waals surface area contributed by atoms with Crippen molar-refractivity contribution in [3.8, 4) is 5.88 Å². The van der Waals surface area contributed by atoms with Crippen molar-refractivity contribution >= 4 is 0 Å². The van der Waals surface area contributed by atoms with Crippen LogP contribution in [0.2, 0.25) is 0 Å². The molecule has 1 aliphatic rings. The van der Waals surface area contributed by atoms with Gasteiger partial charge in [0.1, 0.15) is 6.10 Å². The molecule has 3 nitrogen and oxygen atoms in total. The molecule has 3 heteroatoms. The Morgan fingerprint density at radius 1 is 1.58 bits per heavy atom. The second-order valence-corrected chi connectivity index (χ2v) is 2.94. The number of H-pyrrole nitrogens is 1. The molecule has 0 radical (unpaired) electrons. The molecule has 0 aliphatic heterocycles. The van der Waals surface area contributed by atoms with E-state index in [2.05, 4.69) is 22.3 Å². The van der Waals surface area contributed by atoms with Gasteiger partial charge in [0.15, 0.2) is 0 Å². The lowest BCUT2D eigenvalue weighted by molar-refractivity contribution is 0.221. The van der Waals surface area contributed by atoms with Crippen molar-refractivity contribution in [2.75, 3.05) is 0 Å². The van der Waals surface area contributed by atoms with E-state index in [1.54, 1.807) is 6.20 Å². The Bertz CT molecular complexity index is 254. The average Bonchev–Trinajstić information content (AvgIpc) is 2.59. The molecule has 1 N–H and O–H groups in total. The van der Waals surface area contributed by atoms with Gasteiger partial charge in [-0.1, -0.05) is 6.08 Å². The van der Waals surface area contributed by atoms with Crippen LogP contribution in [0.25, 0.3) is 0 Å². The Kier molecular flexibility index (Phi) is 2.12. The molecule has 1 heterocycles. The summed E-state index contributed by atoms with van der Waals surface area (Å²) in [6.45, 7) is 0. The van der Waals surface area contributed by atoms with Gasteiger partial charge < -0.3 is 4.74 Å². The van der Waals surface area contributed by atoms with Gasteiger partial charge in [0.2, 0.25) is 5.88 Å². The third-order valence-corrected chi connectivity index (χ3v) is 1.96. The van der Waals surface area contributed by atoms with E-state index < -0.39 is 0 Å². The lowest BCUT2D eigenvalue weighted by Gasteiger charge is -2.16. The molecule has 2 rings (SSSR count). The van der Waals surface area contributed by atoms with Gasteiger partial charge in [-0.2, -0.15) is 5.10 Å². The van der Waals surface area contributed by atoms with Gasteiger partial charge in [0.05, 0.1) is 6.20 Å². The molecule has 0 saturated heterocycles. The fourth-order valence-electron chi connectivity index (χ4n) is 1.35. The molecule has 12 heavy (non-hydrogen) atoms. The Morgan fingerprint density at radius 2 is 2.58 bits per heavy atom. The summed E-state index contributed by atoms with van der Waals surface area (Å²) in [7, 11) is 0. The number of allylic oxidation sites excluding steroid dienone is 1. The highest BCUT2D eigenvalue weighted by molar-refractivity contribution is 5.07. The van der Waals surface area contributed by atoms with Crippen molar-refractivity contribution in [3.63, 3.8) is 0 Å². The van der Waals surface area contributed by atoms with Crippen molar-refractivity contribution in [2.45, 2.75) is 25.4 Å². The highest BCUT2D eigenvalue weighted by Gasteiger charge is 2.09. The standard InChI is InChI=1S/C9H12N2O/c1-2-4-8(5-3-1)12-9-6-7-10-11-9/h2,4,6-8H,1,3,5H2,(H,10,11). The molecule has 0 bridgehead atoms.